The fraction of sp³-hybridized carbons (Fsp3) is 0.368. The maximum Gasteiger partial charge on any atom is 0.225 e. The number of amides is 1. The first kappa shape index (κ1) is 19.4. The van der Waals surface area contributed by atoms with Gasteiger partial charge in [-0.3, -0.25) is 9.78 Å². The Labute approximate surface area is 154 Å². The number of nitrogens with one attached hydrogen (secondary N) is 1. The van der Waals surface area contributed by atoms with E-state index in [-0.39, 0.29) is 24.4 Å². The average molecular weight is 362 g/mol. The van der Waals surface area contributed by atoms with Gasteiger partial charge in [-0.05, 0) is 17.2 Å². The molecule has 1 unspecified atom stereocenters. The smallest absolute Gasteiger partial charge is 0.225 e. The van der Waals surface area contributed by atoms with E-state index in [1.165, 1.54) is 0 Å². The van der Waals surface area contributed by atoms with Crippen molar-refractivity contribution >= 4 is 18.3 Å². The maximum atomic E-state index is 12.6. The number of halogens is 1. The number of benzene rings is 1. The van der Waals surface area contributed by atoms with Crippen molar-refractivity contribution in [1.82, 2.24) is 15.2 Å². The number of carbonyl (C=O) groups excluding carboxylic acids is 1. The van der Waals surface area contributed by atoms with E-state index in [0.29, 0.717) is 19.6 Å². The lowest BCUT2D eigenvalue weighted by atomic mass is 10.0. The first-order valence-electron chi connectivity index (χ1n) is 8.36. The van der Waals surface area contributed by atoms with Gasteiger partial charge in [0.05, 0.1) is 25.7 Å². The van der Waals surface area contributed by atoms with Crippen LogP contribution in [-0.4, -0.2) is 42.0 Å². The summed E-state index contributed by atoms with van der Waals surface area (Å²) in [6.45, 7) is 3.30. The van der Waals surface area contributed by atoms with Gasteiger partial charge < -0.3 is 15.0 Å². The fourth-order valence-electron chi connectivity index (χ4n) is 2.94. The van der Waals surface area contributed by atoms with Gasteiger partial charge in [-0.25, -0.2) is 0 Å². The van der Waals surface area contributed by atoms with Gasteiger partial charge in [0.2, 0.25) is 5.91 Å². The largest absolute Gasteiger partial charge is 0.376 e. The molecule has 1 saturated heterocycles. The minimum Gasteiger partial charge on any atom is -0.376 e. The second-order valence-corrected chi connectivity index (χ2v) is 5.88. The number of aromatic nitrogens is 1. The molecule has 0 radical (unpaired) electrons. The van der Waals surface area contributed by atoms with E-state index in [0.717, 1.165) is 30.8 Å². The van der Waals surface area contributed by atoms with Crippen molar-refractivity contribution in [1.29, 1.82) is 0 Å². The van der Waals surface area contributed by atoms with Crippen LogP contribution in [0.1, 0.15) is 23.6 Å². The van der Waals surface area contributed by atoms with Crippen LogP contribution >= 0.6 is 12.4 Å². The summed E-state index contributed by atoms with van der Waals surface area (Å²) >= 11 is 0. The highest BCUT2D eigenvalue weighted by Gasteiger charge is 2.27. The molecular weight excluding hydrogens is 338 g/mol. The highest BCUT2D eigenvalue weighted by molar-refractivity contribution is 5.85. The topological polar surface area (TPSA) is 54.5 Å². The van der Waals surface area contributed by atoms with Crippen LogP contribution < -0.4 is 5.32 Å². The summed E-state index contributed by atoms with van der Waals surface area (Å²) < 4.78 is 5.65. The molecule has 1 atom stereocenters. The number of hydrogen-bond acceptors (Lipinski definition) is 4. The summed E-state index contributed by atoms with van der Waals surface area (Å²) in [6, 6.07) is 14.0. The van der Waals surface area contributed by atoms with E-state index in [4.69, 9.17) is 4.74 Å². The second kappa shape index (κ2) is 10.1. The Hall–Kier alpha value is -1.95. The van der Waals surface area contributed by atoms with Crippen LogP contribution in [0.4, 0.5) is 0 Å². The van der Waals surface area contributed by atoms with Crippen molar-refractivity contribution in [3.05, 3.63) is 66.0 Å². The van der Waals surface area contributed by atoms with Crippen LogP contribution in [0.25, 0.3) is 0 Å². The van der Waals surface area contributed by atoms with E-state index in [2.05, 4.69) is 10.3 Å². The molecule has 0 aliphatic carbocycles. The van der Waals surface area contributed by atoms with E-state index >= 15 is 0 Å². The number of pyridine rings is 1. The Morgan fingerprint density at radius 3 is 2.84 bits per heavy atom. The molecule has 1 aliphatic rings. The Morgan fingerprint density at radius 1 is 1.24 bits per heavy atom. The highest BCUT2D eigenvalue weighted by Crippen LogP contribution is 2.22. The predicted molar refractivity (Wildman–Crippen MR) is 99.5 cm³/mol. The standard InChI is InChI=1S/C19H23N3O2.ClH/c23-19(8-12-24-15-16-5-2-1-3-6-16)22-11-10-21-14-18(22)17-7-4-9-20-13-17;/h1-7,9,13,18,21H,8,10-12,14-15H2;1H. The molecule has 2 heterocycles. The third-order valence-electron chi connectivity index (χ3n) is 4.20. The molecule has 1 N–H and O–H groups in total. The van der Waals surface area contributed by atoms with Crippen LogP contribution in [0.2, 0.25) is 0 Å². The molecule has 134 valence electrons. The summed E-state index contributed by atoms with van der Waals surface area (Å²) in [5.41, 5.74) is 2.20. The van der Waals surface area contributed by atoms with Gasteiger partial charge in [0, 0.05) is 32.0 Å². The molecule has 1 fully saturated rings. The minimum absolute atomic E-state index is 0. The zero-order valence-corrected chi connectivity index (χ0v) is 15.0. The lowest BCUT2D eigenvalue weighted by Crippen LogP contribution is -2.48. The summed E-state index contributed by atoms with van der Waals surface area (Å²) in [5, 5.41) is 3.35. The number of carbonyl (C=O) groups is 1. The third kappa shape index (κ3) is 5.53. The van der Waals surface area contributed by atoms with Crippen molar-refractivity contribution in [3.63, 3.8) is 0 Å². The van der Waals surface area contributed by atoms with E-state index in [9.17, 15) is 4.79 Å². The molecule has 0 saturated carbocycles. The van der Waals surface area contributed by atoms with Crippen LogP contribution in [-0.2, 0) is 16.1 Å². The van der Waals surface area contributed by atoms with E-state index in [1.807, 2.05) is 53.6 Å². The first-order chi connectivity index (χ1) is 11.8. The van der Waals surface area contributed by atoms with Crippen molar-refractivity contribution in [2.75, 3.05) is 26.2 Å². The monoisotopic (exact) mass is 361 g/mol. The number of hydrogen-bond donors (Lipinski definition) is 1. The van der Waals surface area contributed by atoms with Gasteiger partial charge in [-0.2, -0.15) is 0 Å². The molecule has 1 aromatic carbocycles. The van der Waals surface area contributed by atoms with Crippen molar-refractivity contribution in [2.45, 2.75) is 19.1 Å². The first-order valence-corrected chi connectivity index (χ1v) is 8.36. The Bertz CT molecular complexity index is 640. The molecule has 0 bridgehead atoms. The highest BCUT2D eigenvalue weighted by atomic mass is 35.5. The number of piperazine rings is 1. The summed E-state index contributed by atoms with van der Waals surface area (Å²) in [5.74, 6) is 0.137. The summed E-state index contributed by atoms with van der Waals surface area (Å²) in [4.78, 5) is 18.7. The van der Waals surface area contributed by atoms with Crippen LogP contribution in [0.5, 0.6) is 0 Å². The number of rotatable bonds is 6. The second-order valence-electron chi connectivity index (χ2n) is 5.88. The third-order valence-corrected chi connectivity index (χ3v) is 4.20. The van der Waals surface area contributed by atoms with E-state index < -0.39 is 0 Å². The van der Waals surface area contributed by atoms with Gasteiger partial charge in [0.25, 0.3) is 0 Å². The fourth-order valence-corrected chi connectivity index (χ4v) is 2.94. The molecule has 0 spiro atoms. The minimum atomic E-state index is 0. The van der Waals surface area contributed by atoms with Crippen molar-refractivity contribution in [2.24, 2.45) is 0 Å². The van der Waals surface area contributed by atoms with Crippen LogP contribution in [0, 0.1) is 0 Å². The molecule has 1 amide bonds. The molecule has 6 heteroatoms. The summed E-state index contributed by atoms with van der Waals surface area (Å²) in [7, 11) is 0. The van der Waals surface area contributed by atoms with E-state index in [1.54, 1.807) is 6.20 Å². The Morgan fingerprint density at radius 2 is 2.08 bits per heavy atom. The van der Waals surface area contributed by atoms with Crippen LogP contribution in [0.3, 0.4) is 0 Å². The predicted octanol–water partition coefficient (Wildman–Crippen LogP) is 2.58. The van der Waals surface area contributed by atoms with Crippen molar-refractivity contribution in [3.8, 4) is 0 Å². The SMILES string of the molecule is Cl.O=C(CCOCc1ccccc1)N1CCNCC1c1cccnc1. The Kier molecular flexibility index (Phi) is 7.85. The number of nitrogens with zero attached hydrogens (tertiary/aromatic N) is 2. The number of ether oxygens (including phenoxy) is 1. The van der Waals surface area contributed by atoms with Gasteiger partial charge in [0.1, 0.15) is 0 Å². The zero-order valence-electron chi connectivity index (χ0n) is 14.1. The van der Waals surface area contributed by atoms with Gasteiger partial charge >= 0.3 is 0 Å². The maximum absolute atomic E-state index is 12.6. The molecular formula is C19H24ClN3O2. The lowest BCUT2D eigenvalue weighted by Gasteiger charge is -2.36. The lowest BCUT2D eigenvalue weighted by molar-refractivity contribution is -0.135. The molecule has 3 rings (SSSR count). The van der Waals surface area contributed by atoms with Gasteiger partial charge in [-0.15, -0.1) is 12.4 Å². The molecule has 2 aromatic rings. The van der Waals surface area contributed by atoms with Gasteiger partial charge in [0.15, 0.2) is 0 Å². The Balaban J connectivity index is 0.00000225. The molecule has 25 heavy (non-hydrogen) atoms. The van der Waals surface area contributed by atoms with Crippen molar-refractivity contribution < 1.29 is 9.53 Å². The summed E-state index contributed by atoms with van der Waals surface area (Å²) in [6.07, 6.45) is 4.00. The van der Waals surface area contributed by atoms with Crippen LogP contribution in [0.15, 0.2) is 54.9 Å². The van der Waals surface area contributed by atoms with Gasteiger partial charge in [-0.1, -0.05) is 36.4 Å². The zero-order chi connectivity index (χ0) is 16.6. The molecule has 1 aromatic heterocycles. The molecule has 5 nitrogen and oxygen atoms in total. The molecule has 1 aliphatic heterocycles. The normalized spacial score (nSPS) is 17.0. The average Bonchev–Trinajstić information content (AvgIpc) is 2.66. The quantitative estimate of drug-likeness (QED) is 0.803.